The summed E-state index contributed by atoms with van der Waals surface area (Å²) in [7, 11) is 0. The van der Waals surface area contributed by atoms with Gasteiger partial charge in [-0.15, -0.1) is 11.3 Å². The molecule has 0 unspecified atom stereocenters. The fourth-order valence-electron chi connectivity index (χ4n) is 4.33. The Labute approximate surface area is 172 Å². The summed E-state index contributed by atoms with van der Waals surface area (Å²) in [5, 5.41) is 6.57. The van der Waals surface area contributed by atoms with Crippen molar-refractivity contribution in [3.8, 4) is 11.4 Å². The molecule has 0 aliphatic carbocycles. The van der Waals surface area contributed by atoms with Crippen LogP contribution in [0.25, 0.3) is 11.4 Å². The van der Waals surface area contributed by atoms with E-state index in [1.165, 1.54) is 26.6 Å². The lowest BCUT2D eigenvalue weighted by atomic mass is 9.99. The molecule has 1 aromatic carbocycles. The molecule has 0 saturated carbocycles. The number of ether oxygens (including phenoxy) is 1. The van der Waals surface area contributed by atoms with Crippen molar-refractivity contribution >= 4 is 27.9 Å². The molecular weight excluding hydrogens is 394 g/mol. The molecule has 2 aromatic heterocycles. The lowest BCUT2D eigenvalue weighted by molar-refractivity contribution is -0.0690. The maximum absolute atomic E-state index is 6.06. The lowest BCUT2D eigenvalue weighted by Gasteiger charge is -2.39. The molecule has 6 nitrogen and oxygen atoms in total. The Hall–Kier alpha value is -1.93. The second kappa shape index (κ2) is 6.56. The topological polar surface area (TPSA) is 46.4 Å². The van der Waals surface area contributed by atoms with Crippen LogP contribution in [0.2, 0.25) is 5.02 Å². The van der Waals surface area contributed by atoms with Gasteiger partial charge in [0.1, 0.15) is 18.0 Å². The predicted molar refractivity (Wildman–Crippen MR) is 110 cm³/mol. The van der Waals surface area contributed by atoms with Crippen molar-refractivity contribution < 1.29 is 4.74 Å². The van der Waals surface area contributed by atoms with Crippen molar-refractivity contribution in [2.75, 3.05) is 24.7 Å². The van der Waals surface area contributed by atoms with E-state index in [0.29, 0.717) is 6.04 Å². The summed E-state index contributed by atoms with van der Waals surface area (Å²) in [5.74, 6) is 1.01. The maximum Gasteiger partial charge on any atom is 0.163 e. The van der Waals surface area contributed by atoms with Gasteiger partial charge in [0.05, 0.1) is 24.8 Å². The van der Waals surface area contributed by atoms with Gasteiger partial charge in [0, 0.05) is 29.5 Å². The minimum atomic E-state index is 0.584. The molecule has 0 spiro atoms. The van der Waals surface area contributed by atoms with Crippen LogP contribution in [-0.2, 0) is 30.9 Å². The lowest BCUT2D eigenvalue weighted by Crippen LogP contribution is -2.50. The van der Waals surface area contributed by atoms with E-state index in [9.17, 15) is 0 Å². The van der Waals surface area contributed by atoms with E-state index < -0.39 is 0 Å². The molecule has 3 aromatic rings. The quantitative estimate of drug-likeness (QED) is 0.658. The first-order chi connectivity index (χ1) is 13.8. The van der Waals surface area contributed by atoms with Crippen LogP contribution in [-0.4, -0.2) is 45.5 Å². The molecule has 8 heteroatoms. The molecule has 144 valence electrons. The zero-order valence-electron chi connectivity index (χ0n) is 15.3. The van der Waals surface area contributed by atoms with Gasteiger partial charge in [-0.25, -0.2) is 9.67 Å². The van der Waals surface area contributed by atoms with Crippen molar-refractivity contribution in [2.45, 2.75) is 32.2 Å². The Balaban J connectivity index is 1.38. The number of halogens is 1. The zero-order chi connectivity index (χ0) is 18.7. The number of rotatable bonds is 3. The molecule has 28 heavy (non-hydrogen) atoms. The third-order valence-electron chi connectivity index (χ3n) is 5.92. The molecule has 3 aliphatic heterocycles. The smallest absolute Gasteiger partial charge is 0.163 e. The van der Waals surface area contributed by atoms with E-state index in [1.807, 2.05) is 28.2 Å². The highest BCUT2D eigenvalue weighted by Crippen LogP contribution is 2.47. The number of nitrogens with zero attached hydrogens (tertiary/aromatic N) is 5. The highest BCUT2D eigenvalue weighted by atomic mass is 35.5. The van der Waals surface area contributed by atoms with E-state index >= 15 is 0 Å². The Morgan fingerprint density at radius 3 is 2.86 bits per heavy atom. The second-order valence-corrected chi connectivity index (χ2v) is 9.16. The molecule has 6 rings (SSSR count). The Kier molecular flexibility index (Phi) is 3.97. The fourth-order valence-corrected chi connectivity index (χ4v) is 5.81. The Bertz CT molecular complexity index is 1030. The molecule has 0 bridgehead atoms. The summed E-state index contributed by atoms with van der Waals surface area (Å²) in [6, 6.07) is 8.71. The van der Waals surface area contributed by atoms with Crippen LogP contribution >= 0.6 is 22.9 Å². The molecule has 1 saturated heterocycles. The number of hydrogen-bond acceptors (Lipinski definition) is 6. The van der Waals surface area contributed by atoms with Gasteiger partial charge in [0.15, 0.2) is 5.82 Å². The Morgan fingerprint density at radius 2 is 2.07 bits per heavy atom. The summed E-state index contributed by atoms with van der Waals surface area (Å²) in [4.78, 5) is 11.1. The number of hydrogen-bond donors (Lipinski definition) is 0. The minimum absolute atomic E-state index is 0.584. The van der Waals surface area contributed by atoms with Crippen LogP contribution in [0.4, 0.5) is 5.00 Å². The van der Waals surface area contributed by atoms with Crippen LogP contribution in [0.3, 0.4) is 0 Å². The van der Waals surface area contributed by atoms with Crippen molar-refractivity contribution in [2.24, 2.45) is 0 Å². The van der Waals surface area contributed by atoms with Gasteiger partial charge in [-0.05, 0) is 29.7 Å². The average Bonchev–Trinajstić information content (AvgIpc) is 3.25. The summed E-state index contributed by atoms with van der Waals surface area (Å²) >= 11 is 7.99. The van der Waals surface area contributed by atoms with Gasteiger partial charge < -0.3 is 9.64 Å². The molecule has 0 N–H and O–H groups in total. The number of fused-ring (bicyclic) bond motifs is 5. The standard InChI is InChI=1S/C20H20ClN5OS/c21-14-3-1-13(2-4-14)7-25-12-26-19(22-11-23-26)18-16-5-6-24(15-9-27-10-15)8-17(16)28-20(18)25/h1-4,11,15H,5-10,12H2. The normalized spacial score (nSPS) is 19.1. The molecule has 5 heterocycles. The van der Waals surface area contributed by atoms with Crippen molar-refractivity contribution in [1.82, 2.24) is 19.7 Å². The first kappa shape index (κ1) is 17.0. The van der Waals surface area contributed by atoms with Gasteiger partial charge in [0.25, 0.3) is 0 Å². The van der Waals surface area contributed by atoms with Crippen molar-refractivity contribution in [3.63, 3.8) is 0 Å². The monoisotopic (exact) mass is 413 g/mol. The third-order valence-corrected chi connectivity index (χ3v) is 7.45. The molecule has 3 aliphatic rings. The van der Waals surface area contributed by atoms with Gasteiger partial charge >= 0.3 is 0 Å². The Morgan fingerprint density at radius 1 is 1.21 bits per heavy atom. The van der Waals surface area contributed by atoms with Crippen molar-refractivity contribution in [1.29, 1.82) is 0 Å². The number of thiophene rings is 1. The maximum atomic E-state index is 6.06. The first-order valence-corrected chi connectivity index (χ1v) is 10.8. The SMILES string of the molecule is Clc1ccc(CN2Cn3ncnc3-c3c2sc2c3CCN(C3COC3)C2)cc1. The predicted octanol–water partition coefficient (Wildman–Crippen LogP) is 3.39. The van der Waals surface area contributed by atoms with Gasteiger partial charge in [0.2, 0.25) is 0 Å². The van der Waals surface area contributed by atoms with Crippen LogP contribution in [0.15, 0.2) is 30.6 Å². The molecule has 0 amide bonds. The first-order valence-electron chi connectivity index (χ1n) is 9.60. The molecule has 0 atom stereocenters. The largest absolute Gasteiger partial charge is 0.378 e. The van der Waals surface area contributed by atoms with Gasteiger partial charge in [-0.2, -0.15) is 5.10 Å². The van der Waals surface area contributed by atoms with Gasteiger partial charge in [-0.1, -0.05) is 23.7 Å². The zero-order valence-corrected chi connectivity index (χ0v) is 16.9. The average molecular weight is 414 g/mol. The van der Waals surface area contributed by atoms with E-state index in [0.717, 1.165) is 56.8 Å². The highest BCUT2D eigenvalue weighted by molar-refractivity contribution is 7.17. The minimum Gasteiger partial charge on any atom is -0.378 e. The third kappa shape index (κ3) is 2.69. The van der Waals surface area contributed by atoms with E-state index in [-0.39, 0.29) is 0 Å². The summed E-state index contributed by atoms with van der Waals surface area (Å²) in [6.07, 6.45) is 2.75. The van der Waals surface area contributed by atoms with Crippen LogP contribution in [0, 0.1) is 0 Å². The van der Waals surface area contributed by atoms with Crippen LogP contribution in [0.5, 0.6) is 0 Å². The summed E-state index contributed by atoms with van der Waals surface area (Å²) in [5.41, 5.74) is 4.01. The number of benzene rings is 1. The number of aromatic nitrogens is 3. The summed E-state index contributed by atoms with van der Waals surface area (Å²) in [6.45, 7) is 5.42. The van der Waals surface area contributed by atoms with Crippen LogP contribution < -0.4 is 4.90 Å². The van der Waals surface area contributed by atoms with E-state index in [1.54, 1.807) is 6.33 Å². The second-order valence-electron chi connectivity index (χ2n) is 7.64. The highest BCUT2D eigenvalue weighted by Gasteiger charge is 2.35. The molecule has 1 fully saturated rings. The summed E-state index contributed by atoms with van der Waals surface area (Å²) < 4.78 is 7.43. The van der Waals surface area contributed by atoms with Crippen LogP contribution in [0.1, 0.15) is 16.0 Å². The molecule has 0 radical (unpaired) electrons. The van der Waals surface area contributed by atoms with Gasteiger partial charge in [-0.3, -0.25) is 4.90 Å². The fraction of sp³-hybridized carbons (Fsp3) is 0.400. The van der Waals surface area contributed by atoms with E-state index in [2.05, 4.69) is 32.0 Å². The van der Waals surface area contributed by atoms with E-state index in [4.69, 9.17) is 16.3 Å². The number of anilines is 1. The molecular formula is C20H20ClN5OS. The van der Waals surface area contributed by atoms with Crippen molar-refractivity contribution in [3.05, 3.63) is 51.6 Å².